The van der Waals surface area contributed by atoms with E-state index in [1.165, 1.54) is 0 Å². The van der Waals surface area contributed by atoms with Gasteiger partial charge in [-0.1, -0.05) is 23.7 Å². The molecule has 0 aliphatic carbocycles. The number of rotatable bonds is 3. The maximum atomic E-state index is 11.8. The minimum Gasteiger partial charge on any atom is -0.382 e. The first-order valence-corrected chi connectivity index (χ1v) is 5.79. The van der Waals surface area contributed by atoms with E-state index in [4.69, 9.17) is 17.3 Å². The SMILES string of the molecule is Cc1cccc(Cl)c1NC(=O)Cc1cc(N)n[nH]1. The number of aromatic nitrogens is 2. The van der Waals surface area contributed by atoms with Crippen LogP contribution in [0.4, 0.5) is 11.5 Å². The lowest BCUT2D eigenvalue weighted by molar-refractivity contribution is -0.115. The smallest absolute Gasteiger partial charge is 0.230 e. The molecule has 1 heterocycles. The molecule has 2 aromatic rings. The van der Waals surface area contributed by atoms with E-state index >= 15 is 0 Å². The number of nitrogens with one attached hydrogen (secondary N) is 2. The van der Waals surface area contributed by atoms with Crippen LogP contribution < -0.4 is 11.1 Å². The molecule has 0 fully saturated rings. The molecule has 0 atom stereocenters. The first kappa shape index (κ1) is 12.4. The van der Waals surface area contributed by atoms with Crippen molar-refractivity contribution in [3.63, 3.8) is 0 Å². The second kappa shape index (κ2) is 5.10. The zero-order valence-electron chi connectivity index (χ0n) is 9.83. The zero-order chi connectivity index (χ0) is 13.1. The summed E-state index contributed by atoms with van der Waals surface area (Å²) >= 11 is 6.03. The average molecular weight is 265 g/mol. The Bertz CT molecular complexity index is 559. The van der Waals surface area contributed by atoms with Gasteiger partial charge in [0.05, 0.1) is 17.1 Å². The van der Waals surface area contributed by atoms with Gasteiger partial charge in [0, 0.05) is 11.8 Å². The van der Waals surface area contributed by atoms with Crippen LogP contribution in [0.15, 0.2) is 24.3 Å². The van der Waals surface area contributed by atoms with Crippen LogP contribution in [0.1, 0.15) is 11.3 Å². The minimum atomic E-state index is -0.171. The number of hydrogen-bond donors (Lipinski definition) is 3. The Morgan fingerprint density at radius 1 is 1.56 bits per heavy atom. The highest BCUT2D eigenvalue weighted by molar-refractivity contribution is 6.33. The number of nitrogens with two attached hydrogens (primary N) is 1. The normalized spacial score (nSPS) is 10.3. The predicted octanol–water partition coefficient (Wildman–Crippen LogP) is 2.13. The molecule has 4 N–H and O–H groups in total. The summed E-state index contributed by atoms with van der Waals surface area (Å²) in [5, 5.41) is 9.74. The molecular weight excluding hydrogens is 252 g/mol. The largest absolute Gasteiger partial charge is 0.382 e. The van der Waals surface area contributed by atoms with Gasteiger partial charge in [0.25, 0.3) is 0 Å². The molecule has 1 amide bonds. The van der Waals surface area contributed by atoms with E-state index < -0.39 is 0 Å². The number of H-pyrrole nitrogens is 1. The van der Waals surface area contributed by atoms with Crippen molar-refractivity contribution in [3.8, 4) is 0 Å². The number of benzene rings is 1. The molecule has 6 heteroatoms. The molecule has 0 bridgehead atoms. The summed E-state index contributed by atoms with van der Waals surface area (Å²) in [7, 11) is 0. The summed E-state index contributed by atoms with van der Waals surface area (Å²) < 4.78 is 0. The first-order chi connectivity index (χ1) is 8.56. The summed E-state index contributed by atoms with van der Waals surface area (Å²) in [6.45, 7) is 1.88. The molecule has 2 rings (SSSR count). The number of hydrogen-bond acceptors (Lipinski definition) is 3. The van der Waals surface area contributed by atoms with Crippen molar-refractivity contribution in [2.24, 2.45) is 0 Å². The number of nitrogens with zero attached hydrogens (tertiary/aromatic N) is 1. The topological polar surface area (TPSA) is 83.8 Å². The van der Waals surface area contributed by atoms with Crippen molar-refractivity contribution in [2.45, 2.75) is 13.3 Å². The molecule has 0 aliphatic rings. The van der Waals surface area contributed by atoms with Gasteiger partial charge in [-0.15, -0.1) is 0 Å². The zero-order valence-corrected chi connectivity index (χ0v) is 10.6. The summed E-state index contributed by atoms with van der Waals surface area (Å²) in [4.78, 5) is 11.8. The number of amides is 1. The van der Waals surface area contributed by atoms with E-state index in [1.807, 2.05) is 19.1 Å². The fourth-order valence-electron chi connectivity index (χ4n) is 1.62. The van der Waals surface area contributed by atoms with Gasteiger partial charge >= 0.3 is 0 Å². The summed E-state index contributed by atoms with van der Waals surface area (Å²) in [5.41, 5.74) is 7.67. The third-order valence-electron chi connectivity index (χ3n) is 2.49. The van der Waals surface area contributed by atoms with E-state index in [-0.39, 0.29) is 12.3 Å². The van der Waals surface area contributed by atoms with Gasteiger partial charge in [-0.3, -0.25) is 9.89 Å². The second-order valence-electron chi connectivity index (χ2n) is 3.97. The van der Waals surface area contributed by atoms with E-state index in [0.717, 1.165) is 5.56 Å². The van der Waals surface area contributed by atoms with Crippen LogP contribution in [0.3, 0.4) is 0 Å². The Morgan fingerprint density at radius 2 is 2.33 bits per heavy atom. The van der Waals surface area contributed by atoms with E-state index in [9.17, 15) is 4.79 Å². The van der Waals surface area contributed by atoms with Crippen LogP contribution in [0, 0.1) is 6.92 Å². The van der Waals surface area contributed by atoms with Crippen molar-refractivity contribution in [1.82, 2.24) is 10.2 Å². The minimum absolute atomic E-state index is 0.171. The third-order valence-corrected chi connectivity index (χ3v) is 2.80. The molecule has 18 heavy (non-hydrogen) atoms. The van der Waals surface area contributed by atoms with Gasteiger partial charge in [0.1, 0.15) is 5.82 Å². The van der Waals surface area contributed by atoms with Gasteiger partial charge in [0.2, 0.25) is 5.91 Å². The molecule has 0 radical (unpaired) electrons. The lowest BCUT2D eigenvalue weighted by Gasteiger charge is -2.09. The summed E-state index contributed by atoms with van der Waals surface area (Å²) in [6.07, 6.45) is 0.175. The number of carbonyl (C=O) groups excluding carboxylic acids is 1. The quantitative estimate of drug-likeness (QED) is 0.794. The number of carbonyl (C=O) groups is 1. The Balaban J connectivity index is 2.08. The van der Waals surface area contributed by atoms with Crippen molar-refractivity contribution in [2.75, 3.05) is 11.1 Å². The molecular formula is C12H13ClN4O. The molecule has 0 aliphatic heterocycles. The van der Waals surface area contributed by atoms with Crippen molar-refractivity contribution in [3.05, 3.63) is 40.5 Å². The van der Waals surface area contributed by atoms with Gasteiger partial charge in [0.15, 0.2) is 0 Å². The van der Waals surface area contributed by atoms with Crippen LogP contribution >= 0.6 is 11.6 Å². The van der Waals surface area contributed by atoms with Crippen LogP contribution in [-0.2, 0) is 11.2 Å². The van der Waals surface area contributed by atoms with Crippen LogP contribution in [-0.4, -0.2) is 16.1 Å². The van der Waals surface area contributed by atoms with Crippen molar-refractivity contribution in [1.29, 1.82) is 0 Å². The molecule has 0 spiro atoms. The van der Waals surface area contributed by atoms with Crippen LogP contribution in [0.25, 0.3) is 0 Å². The average Bonchev–Trinajstić information content (AvgIpc) is 2.69. The fourth-order valence-corrected chi connectivity index (χ4v) is 1.89. The van der Waals surface area contributed by atoms with E-state index in [0.29, 0.717) is 22.2 Å². The van der Waals surface area contributed by atoms with E-state index in [2.05, 4.69) is 15.5 Å². The Kier molecular flexibility index (Phi) is 3.53. The molecule has 1 aromatic heterocycles. The van der Waals surface area contributed by atoms with Crippen molar-refractivity contribution >= 4 is 29.0 Å². The van der Waals surface area contributed by atoms with Crippen LogP contribution in [0.5, 0.6) is 0 Å². The third kappa shape index (κ3) is 2.81. The predicted molar refractivity (Wildman–Crippen MR) is 71.5 cm³/mol. The highest BCUT2D eigenvalue weighted by Crippen LogP contribution is 2.25. The number of aromatic amines is 1. The maximum Gasteiger partial charge on any atom is 0.230 e. The monoisotopic (exact) mass is 264 g/mol. The molecule has 94 valence electrons. The Labute approximate surface area is 109 Å². The van der Waals surface area contributed by atoms with E-state index in [1.54, 1.807) is 12.1 Å². The van der Waals surface area contributed by atoms with Gasteiger partial charge in [-0.2, -0.15) is 5.10 Å². The summed E-state index contributed by atoms with van der Waals surface area (Å²) in [6, 6.07) is 7.08. The Hall–Kier alpha value is -2.01. The number of aryl methyl sites for hydroxylation is 1. The van der Waals surface area contributed by atoms with Gasteiger partial charge in [-0.25, -0.2) is 0 Å². The molecule has 1 aromatic carbocycles. The molecule has 0 saturated heterocycles. The number of nitrogen functional groups attached to an aromatic ring is 1. The highest BCUT2D eigenvalue weighted by atomic mass is 35.5. The summed E-state index contributed by atoms with van der Waals surface area (Å²) in [5.74, 6) is 0.196. The Morgan fingerprint density at radius 3 is 2.94 bits per heavy atom. The lowest BCUT2D eigenvalue weighted by Crippen LogP contribution is -2.15. The van der Waals surface area contributed by atoms with Crippen molar-refractivity contribution < 1.29 is 4.79 Å². The first-order valence-electron chi connectivity index (χ1n) is 5.41. The molecule has 0 saturated carbocycles. The second-order valence-corrected chi connectivity index (χ2v) is 4.38. The standard InChI is InChI=1S/C12H13ClN4O/c1-7-3-2-4-9(13)12(7)15-11(18)6-8-5-10(14)17-16-8/h2-5H,6H2,1H3,(H,15,18)(H3,14,16,17). The fraction of sp³-hybridized carbons (Fsp3) is 0.167. The lowest BCUT2D eigenvalue weighted by atomic mass is 10.2. The number of para-hydroxylation sites is 1. The molecule has 0 unspecified atom stereocenters. The van der Waals surface area contributed by atoms with Crippen LogP contribution in [0.2, 0.25) is 5.02 Å². The number of halogens is 1. The maximum absolute atomic E-state index is 11.8. The highest BCUT2D eigenvalue weighted by Gasteiger charge is 2.10. The van der Waals surface area contributed by atoms with Gasteiger partial charge in [-0.05, 0) is 18.6 Å². The molecule has 5 nitrogen and oxygen atoms in total. The van der Waals surface area contributed by atoms with Gasteiger partial charge < -0.3 is 11.1 Å². The number of anilines is 2.